The van der Waals surface area contributed by atoms with Crippen molar-refractivity contribution in [2.75, 3.05) is 6.61 Å². The molecule has 0 spiro atoms. The molecule has 2 atom stereocenters. The average molecular weight is 479 g/mol. The smallest absolute Gasteiger partial charge is 0.344 e. The third-order valence-electron chi connectivity index (χ3n) is 7.30. The monoisotopic (exact) mass is 478 g/mol. The van der Waals surface area contributed by atoms with Gasteiger partial charge in [0.15, 0.2) is 6.10 Å². The van der Waals surface area contributed by atoms with E-state index < -0.39 is 12.1 Å². The number of benzene rings is 2. The number of aliphatic carboxylic acids is 1. The summed E-state index contributed by atoms with van der Waals surface area (Å²) in [6.45, 7) is 6.62. The van der Waals surface area contributed by atoms with E-state index in [0.717, 1.165) is 17.5 Å². The molecule has 2 unspecified atom stereocenters. The van der Waals surface area contributed by atoms with Crippen LogP contribution in [0.4, 0.5) is 0 Å². The zero-order valence-electron chi connectivity index (χ0n) is 21.2. The first kappa shape index (κ1) is 26.5. The van der Waals surface area contributed by atoms with Crippen molar-refractivity contribution in [2.24, 2.45) is 11.3 Å². The number of carboxylic acid groups (broad SMARTS) is 1. The first-order chi connectivity index (χ1) is 16.8. The van der Waals surface area contributed by atoms with E-state index in [1.54, 1.807) is 19.1 Å². The number of carbonyl (C=O) groups excluding carboxylic acids is 1. The maximum atomic E-state index is 12.0. The number of hydrogen-bond donors (Lipinski definition) is 1. The average Bonchev–Trinajstić information content (AvgIpc) is 2.86. The van der Waals surface area contributed by atoms with Gasteiger partial charge in [-0.25, -0.2) is 9.59 Å². The van der Waals surface area contributed by atoms with Crippen molar-refractivity contribution in [3.05, 3.63) is 65.2 Å². The molecule has 188 valence electrons. The minimum Gasteiger partial charge on any atom is -0.479 e. The normalized spacial score (nSPS) is 17.0. The molecule has 0 amide bonds. The van der Waals surface area contributed by atoms with Crippen molar-refractivity contribution in [3.63, 3.8) is 0 Å². The maximum Gasteiger partial charge on any atom is 0.344 e. The molecule has 1 saturated carbocycles. The molecule has 0 aliphatic heterocycles. The van der Waals surface area contributed by atoms with Crippen LogP contribution in [0.2, 0.25) is 0 Å². The lowest BCUT2D eigenvalue weighted by molar-refractivity contribution is -0.146. The van der Waals surface area contributed by atoms with Gasteiger partial charge >= 0.3 is 11.9 Å². The summed E-state index contributed by atoms with van der Waals surface area (Å²) in [5, 5.41) is 9.84. The summed E-state index contributed by atoms with van der Waals surface area (Å²) >= 11 is 0. The fourth-order valence-corrected chi connectivity index (χ4v) is 5.13. The molecule has 2 aromatic rings. The van der Waals surface area contributed by atoms with Crippen LogP contribution in [-0.4, -0.2) is 29.8 Å². The lowest BCUT2D eigenvalue weighted by atomic mass is 9.65. The van der Waals surface area contributed by atoms with Crippen LogP contribution in [0.15, 0.2) is 48.5 Å². The van der Waals surface area contributed by atoms with Crippen molar-refractivity contribution in [3.8, 4) is 5.75 Å². The highest BCUT2D eigenvalue weighted by molar-refractivity contribution is 5.89. The summed E-state index contributed by atoms with van der Waals surface area (Å²) in [6.07, 6.45) is 10.7. The van der Waals surface area contributed by atoms with Crippen molar-refractivity contribution in [1.29, 1.82) is 0 Å². The minimum atomic E-state index is -0.905. The van der Waals surface area contributed by atoms with Gasteiger partial charge in [-0.1, -0.05) is 75.9 Å². The van der Waals surface area contributed by atoms with Crippen LogP contribution >= 0.6 is 0 Å². The molecule has 1 aliphatic rings. The molecule has 1 aliphatic carbocycles. The number of hydrogen-bond acceptors (Lipinski definition) is 4. The lowest BCUT2D eigenvalue weighted by Gasteiger charge is -2.41. The molecule has 35 heavy (non-hydrogen) atoms. The Hall–Kier alpha value is -3.08. The van der Waals surface area contributed by atoms with Crippen LogP contribution in [0.25, 0.3) is 12.2 Å². The molecule has 0 heterocycles. The predicted octanol–water partition coefficient (Wildman–Crippen LogP) is 7.25. The number of carboxylic acids is 1. The van der Waals surface area contributed by atoms with Gasteiger partial charge in [-0.05, 0) is 72.9 Å². The van der Waals surface area contributed by atoms with E-state index in [4.69, 9.17) is 9.47 Å². The first-order valence-corrected chi connectivity index (χ1v) is 12.8. The zero-order chi connectivity index (χ0) is 25.3. The van der Waals surface area contributed by atoms with Crippen LogP contribution in [0.3, 0.4) is 0 Å². The fraction of sp³-hybridized carbons (Fsp3) is 0.467. The highest BCUT2D eigenvalue weighted by atomic mass is 16.5. The Morgan fingerprint density at radius 1 is 0.943 bits per heavy atom. The van der Waals surface area contributed by atoms with Gasteiger partial charge in [0, 0.05) is 0 Å². The van der Waals surface area contributed by atoms with E-state index in [2.05, 4.69) is 13.8 Å². The Morgan fingerprint density at radius 3 is 2.03 bits per heavy atom. The summed E-state index contributed by atoms with van der Waals surface area (Å²) in [7, 11) is 0. The Kier molecular flexibility index (Phi) is 9.53. The van der Waals surface area contributed by atoms with E-state index >= 15 is 0 Å². The Balaban J connectivity index is 1.61. The highest BCUT2D eigenvalue weighted by Gasteiger charge is 2.37. The largest absolute Gasteiger partial charge is 0.479 e. The van der Waals surface area contributed by atoms with E-state index in [-0.39, 0.29) is 11.4 Å². The van der Waals surface area contributed by atoms with E-state index in [1.807, 2.05) is 48.6 Å². The number of rotatable bonds is 11. The van der Waals surface area contributed by atoms with Gasteiger partial charge in [-0.15, -0.1) is 0 Å². The lowest BCUT2D eigenvalue weighted by Crippen LogP contribution is -2.37. The second-order valence-corrected chi connectivity index (χ2v) is 9.75. The standard InChI is InChI=1S/C30H38O5/c1-4-25(30(3)19-7-6-8-20-30)21-27(28(31)32)35-26-17-13-23(14-18-26)10-9-22-11-15-24(16-12-22)29(33)34-5-2/h9-18,25,27H,4-8,19-21H2,1-3H3,(H,31,32)/b10-9+. The van der Waals surface area contributed by atoms with Crippen molar-refractivity contribution >= 4 is 24.1 Å². The Morgan fingerprint density at radius 2 is 1.51 bits per heavy atom. The summed E-state index contributed by atoms with van der Waals surface area (Å²) in [5.41, 5.74) is 2.67. The fourth-order valence-electron chi connectivity index (χ4n) is 5.13. The van der Waals surface area contributed by atoms with E-state index in [0.29, 0.717) is 30.3 Å². The molecule has 5 nitrogen and oxygen atoms in total. The van der Waals surface area contributed by atoms with E-state index in [1.165, 1.54) is 32.1 Å². The van der Waals surface area contributed by atoms with Gasteiger partial charge in [0.05, 0.1) is 12.2 Å². The molecule has 0 radical (unpaired) electrons. The second kappa shape index (κ2) is 12.6. The predicted molar refractivity (Wildman–Crippen MR) is 139 cm³/mol. The van der Waals surface area contributed by atoms with Crippen molar-refractivity contribution in [2.45, 2.75) is 71.8 Å². The van der Waals surface area contributed by atoms with E-state index in [9.17, 15) is 14.7 Å². The summed E-state index contributed by atoms with van der Waals surface area (Å²) in [4.78, 5) is 23.8. The molecule has 0 bridgehead atoms. The van der Waals surface area contributed by atoms with Gasteiger partial charge in [-0.2, -0.15) is 0 Å². The number of carbonyl (C=O) groups is 2. The molecule has 3 rings (SSSR count). The molecule has 1 N–H and O–H groups in total. The number of esters is 1. The molecular formula is C30H38O5. The molecule has 1 fully saturated rings. The van der Waals surface area contributed by atoms with Gasteiger partial charge in [0.2, 0.25) is 0 Å². The van der Waals surface area contributed by atoms with Gasteiger partial charge in [0.1, 0.15) is 5.75 Å². The van der Waals surface area contributed by atoms with Crippen LogP contribution < -0.4 is 4.74 Å². The van der Waals surface area contributed by atoms with Crippen molar-refractivity contribution in [1.82, 2.24) is 0 Å². The second-order valence-electron chi connectivity index (χ2n) is 9.75. The van der Waals surface area contributed by atoms with Gasteiger partial charge in [-0.3, -0.25) is 0 Å². The topological polar surface area (TPSA) is 72.8 Å². The molecular weight excluding hydrogens is 440 g/mol. The van der Waals surface area contributed by atoms with Crippen LogP contribution in [0, 0.1) is 11.3 Å². The van der Waals surface area contributed by atoms with Crippen LogP contribution in [0.1, 0.15) is 87.2 Å². The van der Waals surface area contributed by atoms with Crippen LogP contribution in [0.5, 0.6) is 5.75 Å². The Bertz CT molecular complexity index is 984. The summed E-state index contributed by atoms with van der Waals surface area (Å²) in [5.74, 6) is -0.326. The summed E-state index contributed by atoms with van der Waals surface area (Å²) in [6, 6.07) is 14.7. The molecule has 0 aromatic heterocycles. The Labute approximate surface area is 209 Å². The zero-order valence-corrected chi connectivity index (χ0v) is 21.2. The van der Waals surface area contributed by atoms with Crippen LogP contribution in [-0.2, 0) is 9.53 Å². The quantitative estimate of drug-likeness (QED) is 0.272. The van der Waals surface area contributed by atoms with Gasteiger partial charge in [0.25, 0.3) is 0 Å². The SMILES string of the molecule is CCOC(=O)c1ccc(/C=C/c2ccc(OC(CC(CC)C3(C)CCCCC3)C(=O)O)cc2)cc1. The maximum absolute atomic E-state index is 12.0. The van der Waals surface area contributed by atoms with Gasteiger partial charge < -0.3 is 14.6 Å². The molecule has 5 heteroatoms. The minimum absolute atomic E-state index is 0.202. The third-order valence-corrected chi connectivity index (χ3v) is 7.30. The number of ether oxygens (including phenoxy) is 2. The highest BCUT2D eigenvalue weighted by Crippen LogP contribution is 2.45. The molecule has 2 aromatic carbocycles. The first-order valence-electron chi connectivity index (χ1n) is 12.8. The summed E-state index contributed by atoms with van der Waals surface area (Å²) < 4.78 is 11.0. The molecule has 0 saturated heterocycles. The third kappa shape index (κ3) is 7.45. The van der Waals surface area contributed by atoms with Crippen molar-refractivity contribution < 1.29 is 24.2 Å².